The molecule has 2 aromatic rings. The molecule has 3 saturated heterocycles. The largest absolute Gasteiger partial charge is 0.481 e. The van der Waals surface area contributed by atoms with Gasteiger partial charge in [0.25, 0.3) is 5.56 Å². The second-order valence-corrected chi connectivity index (χ2v) is 13.2. The fraction of sp³-hybridized carbons (Fsp3) is 0.710. The molecule has 0 amide bonds. The van der Waals surface area contributed by atoms with E-state index in [1.54, 1.807) is 0 Å². The van der Waals surface area contributed by atoms with Crippen molar-refractivity contribution in [2.45, 2.75) is 102 Å². The molecule has 7 rings (SSSR count). The van der Waals surface area contributed by atoms with E-state index in [1.165, 1.54) is 57.8 Å². The average Bonchev–Trinajstić information content (AvgIpc) is 3.22. The van der Waals surface area contributed by atoms with Crippen molar-refractivity contribution in [3.63, 3.8) is 0 Å². The monoisotopic (exact) mass is 518 g/mol. The van der Waals surface area contributed by atoms with E-state index in [4.69, 9.17) is 4.98 Å². The highest BCUT2D eigenvalue weighted by atomic mass is 16.4. The summed E-state index contributed by atoms with van der Waals surface area (Å²) >= 11 is 0. The number of para-hydroxylation sites is 2. The average molecular weight is 519 g/mol. The van der Waals surface area contributed by atoms with Crippen LogP contribution in [0.4, 0.5) is 5.82 Å². The van der Waals surface area contributed by atoms with Crippen molar-refractivity contribution in [2.75, 3.05) is 18.0 Å². The number of nitrogens with zero attached hydrogens (tertiary/aromatic N) is 4. The number of aromatic nitrogens is 2. The lowest BCUT2D eigenvalue weighted by Crippen LogP contribution is -2.58. The van der Waals surface area contributed by atoms with E-state index in [9.17, 15) is 14.7 Å². The fourth-order valence-corrected chi connectivity index (χ4v) is 9.17. The zero-order valence-electron chi connectivity index (χ0n) is 22.7. The third kappa shape index (κ3) is 4.16. The lowest BCUT2D eigenvalue weighted by atomic mass is 9.78. The maximum atomic E-state index is 14.0. The molecule has 1 aromatic heterocycles. The molecule has 2 aliphatic carbocycles. The van der Waals surface area contributed by atoms with E-state index in [0.717, 1.165) is 41.6 Å². The number of benzene rings is 1. The van der Waals surface area contributed by atoms with Crippen molar-refractivity contribution in [1.82, 2.24) is 14.5 Å². The van der Waals surface area contributed by atoms with Crippen LogP contribution in [0, 0.1) is 23.7 Å². The molecule has 3 aliphatic heterocycles. The van der Waals surface area contributed by atoms with Crippen molar-refractivity contribution < 1.29 is 9.90 Å². The number of anilines is 1. The zero-order valence-corrected chi connectivity index (χ0v) is 22.7. The van der Waals surface area contributed by atoms with Gasteiger partial charge in [-0.2, -0.15) is 0 Å². The molecule has 1 aromatic carbocycles. The maximum absolute atomic E-state index is 14.0. The summed E-state index contributed by atoms with van der Waals surface area (Å²) in [6, 6.07) is 9.99. The summed E-state index contributed by atoms with van der Waals surface area (Å²) in [5, 5.41) is 9.37. The molecule has 4 heterocycles. The van der Waals surface area contributed by atoms with Gasteiger partial charge in [0.05, 0.1) is 17.0 Å². The minimum absolute atomic E-state index is 0.0407. The Balaban J connectivity index is 1.18. The van der Waals surface area contributed by atoms with Gasteiger partial charge in [0.2, 0.25) is 0 Å². The number of hydrogen-bond donors (Lipinski definition) is 1. The van der Waals surface area contributed by atoms with Gasteiger partial charge >= 0.3 is 5.97 Å². The Morgan fingerprint density at radius 3 is 2.32 bits per heavy atom. The van der Waals surface area contributed by atoms with Gasteiger partial charge in [-0.25, -0.2) is 4.98 Å². The van der Waals surface area contributed by atoms with Crippen LogP contribution in [-0.4, -0.2) is 56.7 Å². The summed E-state index contributed by atoms with van der Waals surface area (Å²) in [4.78, 5) is 35.0. The predicted octanol–water partition coefficient (Wildman–Crippen LogP) is 5.08. The molecule has 7 nitrogen and oxygen atoms in total. The van der Waals surface area contributed by atoms with Gasteiger partial charge in [-0.3, -0.25) is 14.5 Å². The minimum atomic E-state index is -0.792. The topological polar surface area (TPSA) is 78.7 Å². The second-order valence-electron chi connectivity index (χ2n) is 13.2. The van der Waals surface area contributed by atoms with Crippen LogP contribution in [0.15, 0.2) is 29.1 Å². The third-order valence-electron chi connectivity index (χ3n) is 11.0. The van der Waals surface area contributed by atoms with Crippen LogP contribution in [-0.2, 0) is 4.79 Å². The van der Waals surface area contributed by atoms with E-state index in [-0.39, 0.29) is 11.6 Å². The van der Waals surface area contributed by atoms with Gasteiger partial charge in [0.1, 0.15) is 0 Å². The first-order valence-corrected chi connectivity index (χ1v) is 15.2. The Morgan fingerprint density at radius 1 is 0.895 bits per heavy atom. The number of fused-ring (bicyclic) bond motifs is 5. The molecule has 0 radical (unpaired) electrons. The number of carboxylic acids is 1. The fourth-order valence-electron chi connectivity index (χ4n) is 9.17. The molecule has 38 heavy (non-hydrogen) atoms. The maximum Gasteiger partial charge on any atom is 0.310 e. The van der Waals surface area contributed by atoms with Crippen molar-refractivity contribution in [3.05, 3.63) is 34.6 Å². The molecule has 5 aliphatic rings. The Hall–Kier alpha value is -2.41. The summed E-state index contributed by atoms with van der Waals surface area (Å²) in [6.45, 7) is 3.21. The highest BCUT2D eigenvalue weighted by Gasteiger charge is 2.45. The van der Waals surface area contributed by atoms with Crippen LogP contribution in [0.1, 0.15) is 83.6 Å². The van der Waals surface area contributed by atoms with Gasteiger partial charge in [0, 0.05) is 37.3 Å². The number of piperidine rings is 2. The first kappa shape index (κ1) is 24.6. The Morgan fingerprint density at radius 2 is 1.58 bits per heavy atom. The number of hydrogen-bond acceptors (Lipinski definition) is 5. The molecule has 7 atom stereocenters. The van der Waals surface area contributed by atoms with Crippen LogP contribution < -0.4 is 10.5 Å². The number of aliphatic carboxylic acids is 1. The summed E-state index contributed by atoms with van der Waals surface area (Å²) in [7, 11) is 0. The quantitative estimate of drug-likeness (QED) is 0.608. The number of rotatable bonds is 4. The lowest BCUT2D eigenvalue weighted by molar-refractivity contribution is -0.142. The molecule has 7 heteroatoms. The molecule has 1 N–H and O–H groups in total. The Kier molecular flexibility index (Phi) is 6.25. The van der Waals surface area contributed by atoms with E-state index in [0.29, 0.717) is 37.0 Å². The van der Waals surface area contributed by atoms with Gasteiger partial charge in [-0.05, 0) is 81.3 Å². The standard InChI is InChI=1S/C31H42N4O3/c1-19-12-20-13-21(19)6-4-7-23(14-20)34-24-8-5-9-25(34)16-26(15-24)35-28-11-3-2-10-27(28)32-29(30(35)36)33-17-22(18-33)31(37)38/h2-3,10-11,19-26H,4-9,12-18H2,1H3,(H,37,38)/t19?,20-,21-,23+,24-,25+,26+/m1/s1. The van der Waals surface area contributed by atoms with E-state index in [1.807, 2.05) is 29.2 Å². The number of carboxylic acid groups (broad SMARTS) is 1. The van der Waals surface area contributed by atoms with Crippen LogP contribution in [0.25, 0.3) is 11.0 Å². The SMILES string of the molecule is CC1C[C@@H]2C[C@H]1CCC[C@H](N1[C@@H]3CCC[C@H]1C[C@@H](n1c(=O)c(N4CC(C(=O)O)C4)nc4ccccc41)C3)C2. The smallest absolute Gasteiger partial charge is 0.310 e. The molecule has 0 spiro atoms. The zero-order chi connectivity index (χ0) is 26.0. The van der Waals surface area contributed by atoms with Crippen LogP contribution in [0.3, 0.4) is 0 Å². The Bertz CT molecular complexity index is 1260. The highest BCUT2D eigenvalue weighted by molar-refractivity contribution is 5.78. The van der Waals surface area contributed by atoms with Crippen molar-refractivity contribution >= 4 is 22.8 Å². The van der Waals surface area contributed by atoms with E-state index in [2.05, 4.69) is 16.4 Å². The summed E-state index contributed by atoms with van der Waals surface area (Å²) < 4.78 is 2.05. The van der Waals surface area contributed by atoms with Crippen LogP contribution >= 0.6 is 0 Å². The van der Waals surface area contributed by atoms with Gasteiger partial charge < -0.3 is 14.6 Å². The van der Waals surface area contributed by atoms with Gasteiger partial charge in [-0.15, -0.1) is 0 Å². The lowest BCUT2D eigenvalue weighted by Gasteiger charge is -2.53. The molecule has 204 valence electrons. The molecular weight excluding hydrogens is 476 g/mol. The van der Waals surface area contributed by atoms with Crippen molar-refractivity contribution in [1.29, 1.82) is 0 Å². The third-order valence-corrected chi connectivity index (χ3v) is 11.0. The van der Waals surface area contributed by atoms with Gasteiger partial charge in [0.15, 0.2) is 5.82 Å². The molecule has 4 bridgehead atoms. The van der Waals surface area contributed by atoms with Crippen LogP contribution in [0.5, 0.6) is 0 Å². The molecule has 1 unspecified atom stereocenters. The normalized spacial score (nSPS) is 36.0. The van der Waals surface area contributed by atoms with E-state index < -0.39 is 11.9 Å². The van der Waals surface area contributed by atoms with Crippen LogP contribution in [0.2, 0.25) is 0 Å². The summed E-state index contributed by atoms with van der Waals surface area (Å²) in [5.74, 6) is 1.99. The second kappa shape index (κ2) is 9.65. The summed E-state index contributed by atoms with van der Waals surface area (Å²) in [6.07, 6.45) is 14.2. The van der Waals surface area contributed by atoms with Crippen molar-refractivity contribution in [3.8, 4) is 0 Å². The van der Waals surface area contributed by atoms with Gasteiger partial charge in [-0.1, -0.05) is 38.3 Å². The molecular formula is C31H42N4O3. The first-order chi connectivity index (χ1) is 18.5. The summed E-state index contributed by atoms with van der Waals surface area (Å²) in [5.41, 5.74) is 1.71. The molecule has 2 saturated carbocycles. The number of carbonyl (C=O) groups is 1. The predicted molar refractivity (Wildman–Crippen MR) is 149 cm³/mol. The molecule has 5 fully saturated rings. The first-order valence-electron chi connectivity index (χ1n) is 15.2. The Labute approximate surface area is 225 Å². The minimum Gasteiger partial charge on any atom is -0.481 e. The van der Waals surface area contributed by atoms with E-state index >= 15 is 0 Å². The highest BCUT2D eigenvalue weighted by Crippen LogP contribution is 2.47. The van der Waals surface area contributed by atoms with Crippen molar-refractivity contribution in [2.24, 2.45) is 23.7 Å².